The van der Waals surface area contributed by atoms with Crippen LogP contribution in [0.2, 0.25) is 0 Å². The van der Waals surface area contributed by atoms with Crippen molar-refractivity contribution in [2.75, 3.05) is 6.54 Å². The van der Waals surface area contributed by atoms with Gasteiger partial charge >= 0.3 is 0 Å². The molecule has 1 aromatic carbocycles. The molecule has 0 aliphatic heterocycles. The molecule has 0 aliphatic carbocycles. The fourth-order valence-corrected chi connectivity index (χ4v) is 1.60. The number of ketones is 1. The zero-order valence-electron chi connectivity index (χ0n) is 11.0. The normalized spacial score (nSPS) is 11.6. The van der Waals surface area contributed by atoms with E-state index in [1.165, 1.54) is 5.56 Å². The summed E-state index contributed by atoms with van der Waals surface area (Å²) in [7, 11) is 0. The van der Waals surface area contributed by atoms with Crippen LogP contribution in [0, 0.1) is 6.92 Å². The Morgan fingerprint density at radius 1 is 1.24 bits per heavy atom. The highest BCUT2D eigenvalue weighted by Gasteiger charge is 2.06. The maximum absolute atomic E-state index is 11.2. The SMILES string of the molecule is CCCCN=C(CC(C)=O)c1ccc(C)cc1. The monoisotopic (exact) mass is 231 g/mol. The molecular formula is C15H21NO. The highest BCUT2D eigenvalue weighted by molar-refractivity contribution is 6.10. The molecule has 17 heavy (non-hydrogen) atoms. The van der Waals surface area contributed by atoms with E-state index >= 15 is 0 Å². The number of carbonyl (C=O) groups is 1. The Morgan fingerprint density at radius 3 is 2.41 bits per heavy atom. The Labute approximate surface area is 104 Å². The number of unbranched alkanes of at least 4 members (excludes halogenated alkanes) is 1. The summed E-state index contributed by atoms with van der Waals surface area (Å²) in [6.45, 7) is 6.63. The number of hydrogen-bond donors (Lipinski definition) is 0. The van der Waals surface area contributed by atoms with E-state index in [9.17, 15) is 4.79 Å². The molecule has 2 nitrogen and oxygen atoms in total. The van der Waals surface area contributed by atoms with Crippen LogP contribution in [0.3, 0.4) is 0 Å². The maximum atomic E-state index is 11.2. The molecule has 92 valence electrons. The molecule has 2 heteroatoms. The lowest BCUT2D eigenvalue weighted by Crippen LogP contribution is -2.07. The third-order valence-electron chi connectivity index (χ3n) is 2.62. The van der Waals surface area contributed by atoms with Crippen molar-refractivity contribution in [2.45, 2.75) is 40.0 Å². The first-order valence-corrected chi connectivity index (χ1v) is 6.23. The van der Waals surface area contributed by atoms with E-state index in [-0.39, 0.29) is 5.78 Å². The van der Waals surface area contributed by atoms with Crippen LogP contribution in [-0.2, 0) is 4.79 Å². The first-order chi connectivity index (χ1) is 8.13. The number of Topliss-reactive ketones (excluding diaryl/α,β-unsaturated/α-hetero) is 1. The van der Waals surface area contributed by atoms with Crippen LogP contribution in [0.15, 0.2) is 29.3 Å². The number of aryl methyl sites for hydroxylation is 1. The average Bonchev–Trinajstić information content (AvgIpc) is 2.28. The van der Waals surface area contributed by atoms with Gasteiger partial charge in [-0.1, -0.05) is 43.2 Å². The summed E-state index contributed by atoms with van der Waals surface area (Å²) in [5.74, 6) is 0.167. The minimum absolute atomic E-state index is 0.167. The van der Waals surface area contributed by atoms with Gasteiger partial charge in [0.05, 0.1) is 0 Å². The van der Waals surface area contributed by atoms with Gasteiger partial charge in [0, 0.05) is 18.7 Å². The Bertz CT molecular complexity index is 390. The van der Waals surface area contributed by atoms with E-state index in [2.05, 4.69) is 31.0 Å². The van der Waals surface area contributed by atoms with E-state index in [1.807, 2.05) is 12.1 Å². The minimum atomic E-state index is 0.167. The third-order valence-corrected chi connectivity index (χ3v) is 2.62. The fraction of sp³-hybridized carbons (Fsp3) is 0.467. The molecule has 0 spiro atoms. The molecule has 0 saturated carbocycles. The van der Waals surface area contributed by atoms with Gasteiger partial charge in [-0.2, -0.15) is 0 Å². The minimum Gasteiger partial charge on any atom is -0.300 e. The van der Waals surface area contributed by atoms with Crippen LogP contribution in [0.5, 0.6) is 0 Å². The number of hydrogen-bond acceptors (Lipinski definition) is 2. The van der Waals surface area contributed by atoms with Gasteiger partial charge in [-0.3, -0.25) is 9.79 Å². The van der Waals surface area contributed by atoms with Gasteiger partial charge in [-0.25, -0.2) is 0 Å². The number of benzene rings is 1. The first kappa shape index (κ1) is 13.6. The molecular weight excluding hydrogens is 210 g/mol. The second kappa shape index (κ2) is 7.00. The van der Waals surface area contributed by atoms with Gasteiger partial charge in [0.2, 0.25) is 0 Å². The van der Waals surface area contributed by atoms with Gasteiger partial charge in [-0.05, 0) is 25.8 Å². The molecule has 1 aromatic rings. The number of rotatable bonds is 6. The second-order valence-corrected chi connectivity index (χ2v) is 4.43. The highest BCUT2D eigenvalue weighted by atomic mass is 16.1. The number of aliphatic imine (C=N–C) groups is 1. The van der Waals surface area contributed by atoms with Crippen LogP contribution in [-0.4, -0.2) is 18.0 Å². The predicted octanol–water partition coefficient (Wildman–Crippen LogP) is 3.56. The molecule has 0 aliphatic rings. The van der Waals surface area contributed by atoms with Gasteiger partial charge < -0.3 is 0 Å². The Morgan fingerprint density at radius 2 is 1.88 bits per heavy atom. The zero-order valence-corrected chi connectivity index (χ0v) is 11.0. The van der Waals surface area contributed by atoms with Crippen molar-refractivity contribution < 1.29 is 4.79 Å². The third kappa shape index (κ3) is 4.94. The average molecular weight is 231 g/mol. The van der Waals surface area contributed by atoms with Gasteiger partial charge in [0.1, 0.15) is 5.78 Å². The molecule has 0 unspecified atom stereocenters. The van der Waals surface area contributed by atoms with E-state index in [4.69, 9.17) is 0 Å². The number of carbonyl (C=O) groups excluding carboxylic acids is 1. The lowest BCUT2D eigenvalue weighted by atomic mass is 10.0. The van der Waals surface area contributed by atoms with Crippen LogP contribution >= 0.6 is 0 Å². The molecule has 1 rings (SSSR count). The molecule has 0 atom stereocenters. The first-order valence-electron chi connectivity index (χ1n) is 6.23. The standard InChI is InChI=1S/C15H21NO/c1-4-5-10-16-15(11-13(3)17)14-8-6-12(2)7-9-14/h6-9H,4-5,10-11H2,1-3H3. The molecule has 0 amide bonds. The highest BCUT2D eigenvalue weighted by Crippen LogP contribution is 2.08. The summed E-state index contributed by atoms with van der Waals surface area (Å²) >= 11 is 0. The molecule has 0 saturated heterocycles. The van der Waals surface area contributed by atoms with Crippen LogP contribution in [0.1, 0.15) is 44.2 Å². The van der Waals surface area contributed by atoms with Crippen LogP contribution < -0.4 is 0 Å². The van der Waals surface area contributed by atoms with Crippen molar-refractivity contribution in [1.29, 1.82) is 0 Å². The Kier molecular flexibility index (Phi) is 5.61. The molecule has 0 fully saturated rings. The van der Waals surface area contributed by atoms with Crippen LogP contribution in [0.4, 0.5) is 0 Å². The smallest absolute Gasteiger partial charge is 0.135 e. The Hall–Kier alpha value is -1.44. The van der Waals surface area contributed by atoms with E-state index in [1.54, 1.807) is 6.92 Å². The largest absolute Gasteiger partial charge is 0.300 e. The van der Waals surface area contributed by atoms with E-state index in [0.29, 0.717) is 6.42 Å². The second-order valence-electron chi connectivity index (χ2n) is 4.43. The van der Waals surface area contributed by atoms with E-state index in [0.717, 1.165) is 30.7 Å². The zero-order chi connectivity index (χ0) is 12.7. The maximum Gasteiger partial charge on any atom is 0.135 e. The van der Waals surface area contributed by atoms with Crippen molar-refractivity contribution in [3.05, 3.63) is 35.4 Å². The summed E-state index contributed by atoms with van der Waals surface area (Å²) < 4.78 is 0. The van der Waals surface area contributed by atoms with Crippen molar-refractivity contribution in [2.24, 2.45) is 4.99 Å². The molecule has 0 radical (unpaired) electrons. The van der Waals surface area contributed by atoms with Crippen molar-refractivity contribution in [3.8, 4) is 0 Å². The predicted molar refractivity (Wildman–Crippen MR) is 72.8 cm³/mol. The summed E-state index contributed by atoms with van der Waals surface area (Å²) in [6, 6.07) is 8.21. The van der Waals surface area contributed by atoms with E-state index < -0.39 is 0 Å². The quantitative estimate of drug-likeness (QED) is 0.543. The topological polar surface area (TPSA) is 29.4 Å². The van der Waals surface area contributed by atoms with Crippen molar-refractivity contribution in [1.82, 2.24) is 0 Å². The van der Waals surface area contributed by atoms with Gasteiger partial charge in [0.25, 0.3) is 0 Å². The molecule has 0 N–H and O–H groups in total. The lowest BCUT2D eigenvalue weighted by molar-refractivity contribution is -0.115. The summed E-state index contributed by atoms with van der Waals surface area (Å²) in [5, 5.41) is 0. The molecule has 0 aromatic heterocycles. The molecule has 0 heterocycles. The van der Waals surface area contributed by atoms with Gasteiger partial charge in [0.15, 0.2) is 0 Å². The number of nitrogens with zero attached hydrogens (tertiary/aromatic N) is 1. The lowest BCUT2D eigenvalue weighted by Gasteiger charge is -2.05. The van der Waals surface area contributed by atoms with Crippen molar-refractivity contribution >= 4 is 11.5 Å². The summed E-state index contributed by atoms with van der Waals surface area (Å²) in [4.78, 5) is 15.8. The fourth-order valence-electron chi connectivity index (χ4n) is 1.60. The van der Waals surface area contributed by atoms with Gasteiger partial charge in [-0.15, -0.1) is 0 Å². The van der Waals surface area contributed by atoms with Crippen LogP contribution in [0.25, 0.3) is 0 Å². The van der Waals surface area contributed by atoms with Crippen molar-refractivity contribution in [3.63, 3.8) is 0 Å². The molecule has 0 bridgehead atoms. The summed E-state index contributed by atoms with van der Waals surface area (Å²) in [6.07, 6.45) is 2.64. The summed E-state index contributed by atoms with van der Waals surface area (Å²) in [5.41, 5.74) is 3.22. The Balaban J connectivity index is 2.85.